The fourth-order valence-electron chi connectivity index (χ4n) is 3.13. The molecule has 1 fully saturated rings. The molecule has 4 rings (SSSR count). The number of benzene rings is 2. The Morgan fingerprint density at radius 1 is 1.00 bits per heavy atom. The minimum atomic E-state index is -0.0874. The van der Waals surface area contributed by atoms with Crippen LogP contribution in [0.4, 0.5) is 0 Å². The highest BCUT2D eigenvalue weighted by Crippen LogP contribution is 2.24. The molecule has 0 radical (unpaired) electrons. The van der Waals surface area contributed by atoms with E-state index in [0.717, 1.165) is 23.0 Å². The second-order valence-corrected chi connectivity index (χ2v) is 6.09. The van der Waals surface area contributed by atoms with Gasteiger partial charge in [-0.25, -0.2) is 4.98 Å². The Balaban J connectivity index is 1.50. The molecule has 1 unspecified atom stereocenters. The van der Waals surface area contributed by atoms with E-state index in [1.807, 2.05) is 47.4 Å². The van der Waals surface area contributed by atoms with Gasteiger partial charge in [-0.3, -0.25) is 9.78 Å². The van der Waals surface area contributed by atoms with Crippen molar-refractivity contribution < 1.29 is 9.53 Å². The SMILES string of the molecule is O=C(c1cnc2ccccc2n1)N1CCOC(c2ccccc2)CC1. The zero-order valence-corrected chi connectivity index (χ0v) is 13.8. The molecule has 5 nitrogen and oxygen atoms in total. The van der Waals surface area contributed by atoms with Gasteiger partial charge in [0.05, 0.1) is 29.9 Å². The van der Waals surface area contributed by atoms with E-state index in [0.29, 0.717) is 25.4 Å². The first-order chi connectivity index (χ1) is 12.3. The van der Waals surface area contributed by atoms with Crippen LogP contribution in [0.15, 0.2) is 60.8 Å². The summed E-state index contributed by atoms with van der Waals surface area (Å²) in [7, 11) is 0. The molecule has 1 aromatic heterocycles. The Hall–Kier alpha value is -2.79. The molecular weight excluding hydrogens is 314 g/mol. The number of hydrogen-bond acceptors (Lipinski definition) is 4. The molecule has 0 spiro atoms. The summed E-state index contributed by atoms with van der Waals surface area (Å²) in [6.45, 7) is 1.73. The van der Waals surface area contributed by atoms with Crippen molar-refractivity contribution in [3.05, 3.63) is 72.1 Å². The first-order valence-corrected chi connectivity index (χ1v) is 8.49. The van der Waals surface area contributed by atoms with Gasteiger partial charge in [-0.2, -0.15) is 0 Å². The van der Waals surface area contributed by atoms with Crippen LogP contribution in [-0.4, -0.2) is 40.5 Å². The quantitative estimate of drug-likeness (QED) is 0.722. The second kappa shape index (κ2) is 6.99. The largest absolute Gasteiger partial charge is 0.372 e. The van der Waals surface area contributed by atoms with Crippen LogP contribution < -0.4 is 0 Å². The summed E-state index contributed by atoms with van der Waals surface area (Å²) in [5.41, 5.74) is 3.07. The molecule has 5 heteroatoms. The van der Waals surface area contributed by atoms with Gasteiger partial charge in [0.15, 0.2) is 0 Å². The standard InChI is InChI=1S/C20H19N3O2/c24-20(18-14-21-16-8-4-5-9-17(16)22-18)23-11-10-19(25-13-12-23)15-6-2-1-3-7-15/h1-9,14,19H,10-13H2. The van der Waals surface area contributed by atoms with E-state index in [1.54, 1.807) is 6.20 Å². The summed E-state index contributed by atoms with van der Waals surface area (Å²) < 4.78 is 5.95. The lowest BCUT2D eigenvalue weighted by atomic mass is 10.1. The number of carbonyl (C=O) groups excluding carboxylic acids is 1. The number of para-hydroxylation sites is 2. The molecule has 126 valence electrons. The van der Waals surface area contributed by atoms with E-state index >= 15 is 0 Å². The van der Waals surface area contributed by atoms with E-state index in [4.69, 9.17) is 4.74 Å². The maximum atomic E-state index is 12.8. The van der Waals surface area contributed by atoms with Crippen LogP contribution in [0.3, 0.4) is 0 Å². The van der Waals surface area contributed by atoms with Crippen LogP contribution in [0.5, 0.6) is 0 Å². The molecule has 0 bridgehead atoms. The number of nitrogens with zero attached hydrogens (tertiary/aromatic N) is 3. The van der Waals surface area contributed by atoms with Crippen molar-refractivity contribution in [3.63, 3.8) is 0 Å². The van der Waals surface area contributed by atoms with Crippen LogP contribution >= 0.6 is 0 Å². The molecular formula is C20H19N3O2. The number of ether oxygens (including phenoxy) is 1. The van der Waals surface area contributed by atoms with Crippen molar-refractivity contribution >= 4 is 16.9 Å². The molecule has 0 N–H and O–H groups in total. The molecule has 2 aromatic carbocycles. The molecule has 0 saturated carbocycles. The first-order valence-electron chi connectivity index (χ1n) is 8.49. The minimum Gasteiger partial charge on any atom is -0.372 e. The smallest absolute Gasteiger partial charge is 0.274 e. The summed E-state index contributed by atoms with van der Waals surface area (Å²) in [5, 5.41) is 0. The van der Waals surface area contributed by atoms with Crippen molar-refractivity contribution in [2.24, 2.45) is 0 Å². The van der Waals surface area contributed by atoms with Gasteiger partial charge in [-0.15, -0.1) is 0 Å². The van der Waals surface area contributed by atoms with Gasteiger partial charge in [0.2, 0.25) is 0 Å². The van der Waals surface area contributed by atoms with Crippen molar-refractivity contribution in [2.45, 2.75) is 12.5 Å². The van der Waals surface area contributed by atoms with Crippen molar-refractivity contribution in [1.29, 1.82) is 0 Å². The summed E-state index contributed by atoms with van der Waals surface area (Å²) in [6.07, 6.45) is 2.36. The Morgan fingerprint density at radius 3 is 2.60 bits per heavy atom. The lowest BCUT2D eigenvalue weighted by molar-refractivity contribution is 0.0583. The average molecular weight is 333 g/mol. The third kappa shape index (κ3) is 3.37. The van der Waals surface area contributed by atoms with Crippen LogP contribution in [0.1, 0.15) is 28.6 Å². The highest BCUT2D eigenvalue weighted by atomic mass is 16.5. The number of carbonyl (C=O) groups is 1. The predicted octanol–water partition coefficient (Wildman–Crippen LogP) is 3.23. The number of fused-ring (bicyclic) bond motifs is 1. The lowest BCUT2D eigenvalue weighted by Gasteiger charge is -2.19. The maximum Gasteiger partial charge on any atom is 0.274 e. The molecule has 1 amide bonds. The summed E-state index contributed by atoms with van der Waals surface area (Å²) >= 11 is 0. The molecule has 1 aliphatic heterocycles. The number of aromatic nitrogens is 2. The van der Waals surface area contributed by atoms with Crippen LogP contribution in [0.2, 0.25) is 0 Å². The van der Waals surface area contributed by atoms with Gasteiger partial charge >= 0.3 is 0 Å². The van der Waals surface area contributed by atoms with Gasteiger partial charge in [0.25, 0.3) is 5.91 Å². The molecule has 2 heterocycles. The van der Waals surface area contributed by atoms with Crippen LogP contribution in [-0.2, 0) is 4.74 Å². The minimum absolute atomic E-state index is 0.0293. The van der Waals surface area contributed by atoms with Gasteiger partial charge in [0.1, 0.15) is 5.69 Å². The topological polar surface area (TPSA) is 55.3 Å². The summed E-state index contributed by atoms with van der Waals surface area (Å²) in [6, 6.07) is 17.7. The molecule has 25 heavy (non-hydrogen) atoms. The third-order valence-corrected chi connectivity index (χ3v) is 4.47. The van der Waals surface area contributed by atoms with Gasteiger partial charge in [-0.1, -0.05) is 42.5 Å². The average Bonchev–Trinajstić information content (AvgIpc) is 2.94. The van der Waals surface area contributed by atoms with Crippen LogP contribution in [0.25, 0.3) is 11.0 Å². The fourth-order valence-corrected chi connectivity index (χ4v) is 3.13. The fraction of sp³-hybridized carbons (Fsp3) is 0.250. The van der Waals surface area contributed by atoms with E-state index in [-0.39, 0.29) is 12.0 Å². The number of amides is 1. The van der Waals surface area contributed by atoms with Gasteiger partial charge in [-0.05, 0) is 24.1 Å². The monoisotopic (exact) mass is 333 g/mol. The van der Waals surface area contributed by atoms with Crippen molar-refractivity contribution in [1.82, 2.24) is 14.9 Å². The Kier molecular flexibility index (Phi) is 4.39. The summed E-state index contributed by atoms with van der Waals surface area (Å²) in [4.78, 5) is 23.4. The highest BCUT2D eigenvalue weighted by molar-refractivity contribution is 5.93. The molecule has 1 saturated heterocycles. The molecule has 1 atom stereocenters. The van der Waals surface area contributed by atoms with Gasteiger partial charge in [0, 0.05) is 13.1 Å². The van der Waals surface area contributed by atoms with Crippen molar-refractivity contribution in [3.8, 4) is 0 Å². The van der Waals surface area contributed by atoms with Gasteiger partial charge < -0.3 is 9.64 Å². The second-order valence-electron chi connectivity index (χ2n) is 6.09. The first kappa shape index (κ1) is 15.7. The normalized spacial score (nSPS) is 18.1. The Morgan fingerprint density at radius 2 is 1.76 bits per heavy atom. The zero-order valence-electron chi connectivity index (χ0n) is 13.8. The van der Waals surface area contributed by atoms with E-state index in [9.17, 15) is 4.79 Å². The summed E-state index contributed by atoms with van der Waals surface area (Å²) in [5.74, 6) is -0.0874. The Labute approximate surface area is 146 Å². The zero-order chi connectivity index (χ0) is 17.1. The van der Waals surface area contributed by atoms with E-state index < -0.39 is 0 Å². The molecule has 0 aliphatic carbocycles. The van der Waals surface area contributed by atoms with E-state index in [1.165, 1.54) is 0 Å². The van der Waals surface area contributed by atoms with Crippen molar-refractivity contribution in [2.75, 3.05) is 19.7 Å². The third-order valence-electron chi connectivity index (χ3n) is 4.47. The van der Waals surface area contributed by atoms with E-state index in [2.05, 4.69) is 22.1 Å². The molecule has 1 aliphatic rings. The number of rotatable bonds is 2. The maximum absolute atomic E-state index is 12.8. The lowest BCUT2D eigenvalue weighted by Crippen LogP contribution is -2.33. The Bertz CT molecular complexity index is 882. The number of hydrogen-bond donors (Lipinski definition) is 0. The highest BCUT2D eigenvalue weighted by Gasteiger charge is 2.23. The molecule has 3 aromatic rings. The van der Waals surface area contributed by atoms with Crippen LogP contribution in [0, 0.1) is 0 Å². The predicted molar refractivity (Wildman–Crippen MR) is 95.2 cm³/mol.